The fraction of sp³-hybridized carbons (Fsp3) is 0.0556. The second kappa shape index (κ2) is 6.84. The average Bonchev–Trinajstić information content (AvgIpc) is 2.59. The van der Waals surface area contributed by atoms with Crippen molar-refractivity contribution < 1.29 is 13.5 Å². The highest BCUT2D eigenvalue weighted by Gasteiger charge is 2.18. The predicted molar refractivity (Wildman–Crippen MR) is 89.4 cm³/mol. The van der Waals surface area contributed by atoms with E-state index in [0.717, 1.165) is 16.0 Å². The van der Waals surface area contributed by atoms with E-state index in [-0.39, 0.29) is 11.6 Å². The van der Waals surface area contributed by atoms with E-state index >= 15 is 0 Å². The van der Waals surface area contributed by atoms with Crippen LogP contribution >= 0.6 is 7.92 Å². The number of ether oxygens (including phenoxy) is 1. The SMILES string of the molecule is COc1cccc(P(c2ccc(F)cc2)c2ccc(F)cc2)n1. The first kappa shape index (κ1) is 15.6. The molecule has 3 aromatic rings. The summed E-state index contributed by atoms with van der Waals surface area (Å²) in [6.45, 7) is 0. The lowest BCUT2D eigenvalue weighted by molar-refractivity contribution is 0.399. The van der Waals surface area contributed by atoms with E-state index in [1.807, 2.05) is 12.1 Å². The van der Waals surface area contributed by atoms with Crippen LogP contribution in [0.3, 0.4) is 0 Å². The van der Waals surface area contributed by atoms with Gasteiger partial charge in [0.25, 0.3) is 0 Å². The summed E-state index contributed by atoms with van der Waals surface area (Å²) in [6.07, 6.45) is 0. The Morgan fingerprint density at radius 2 is 1.30 bits per heavy atom. The highest BCUT2D eigenvalue weighted by atomic mass is 31.1. The molecule has 0 aliphatic carbocycles. The van der Waals surface area contributed by atoms with Gasteiger partial charge in [-0.05, 0) is 40.9 Å². The molecule has 1 heterocycles. The molecule has 0 saturated carbocycles. The second-order valence-electron chi connectivity index (χ2n) is 4.83. The Bertz CT molecular complexity index is 745. The van der Waals surface area contributed by atoms with Crippen LogP contribution in [0.1, 0.15) is 0 Å². The summed E-state index contributed by atoms with van der Waals surface area (Å²) in [4.78, 5) is 4.51. The summed E-state index contributed by atoms with van der Waals surface area (Å²) in [5.41, 5.74) is 0.817. The zero-order chi connectivity index (χ0) is 16.2. The van der Waals surface area contributed by atoms with Gasteiger partial charge in [-0.1, -0.05) is 30.3 Å². The summed E-state index contributed by atoms with van der Waals surface area (Å²) >= 11 is 0. The monoisotopic (exact) mass is 329 g/mol. The van der Waals surface area contributed by atoms with Crippen LogP contribution in [-0.2, 0) is 0 Å². The Hall–Kier alpha value is -2.32. The molecule has 0 atom stereocenters. The molecule has 2 nitrogen and oxygen atoms in total. The normalized spacial score (nSPS) is 10.8. The smallest absolute Gasteiger partial charge is 0.213 e. The van der Waals surface area contributed by atoms with Gasteiger partial charge in [-0.15, -0.1) is 0 Å². The van der Waals surface area contributed by atoms with Gasteiger partial charge in [-0.2, -0.15) is 0 Å². The fourth-order valence-electron chi connectivity index (χ4n) is 2.24. The molecule has 0 fully saturated rings. The maximum atomic E-state index is 13.2. The van der Waals surface area contributed by atoms with Crippen molar-refractivity contribution in [2.45, 2.75) is 0 Å². The molecule has 0 radical (unpaired) electrons. The third-order valence-electron chi connectivity index (χ3n) is 3.32. The Labute approximate surface area is 134 Å². The minimum Gasteiger partial charge on any atom is -0.481 e. The lowest BCUT2D eigenvalue weighted by atomic mass is 10.3. The van der Waals surface area contributed by atoms with Crippen molar-refractivity contribution in [1.29, 1.82) is 0 Å². The summed E-state index contributed by atoms with van der Waals surface area (Å²) in [5, 5.41) is 1.88. The van der Waals surface area contributed by atoms with E-state index in [4.69, 9.17) is 4.74 Å². The minimum absolute atomic E-state index is 0.290. The van der Waals surface area contributed by atoms with Crippen LogP contribution in [0.2, 0.25) is 0 Å². The van der Waals surface area contributed by atoms with Crippen molar-refractivity contribution in [3.63, 3.8) is 0 Å². The molecular formula is C18H14F2NOP. The van der Waals surface area contributed by atoms with Gasteiger partial charge in [0.2, 0.25) is 5.88 Å². The number of rotatable bonds is 4. The molecule has 0 amide bonds. The fourth-order valence-corrected chi connectivity index (χ4v) is 4.39. The molecule has 3 rings (SSSR count). The molecule has 0 saturated heterocycles. The van der Waals surface area contributed by atoms with E-state index < -0.39 is 7.92 Å². The van der Waals surface area contributed by atoms with Crippen LogP contribution in [0.25, 0.3) is 0 Å². The van der Waals surface area contributed by atoms with E-state index in [9.17, 15) is 8.78 Å². The maximum absolute atomic E-state index is 13.2. The van der Waals surface area contributed by atoms with Crippen LogP contribution in [0.15, 0.2) is 66.7 Å². The summed E-state index contributed by atoms with van der Waals surface area (Å²) in [6, 6.07) is 18.2. The largest absolute Gasteiger partial charge is 0.481 e. The molecule has 23 heavy (non-hydrogen) atoms. The van der Waals surface area contributed by atoms with Crippen LogP contribution in [0, 0.1) is 11.6 Å². The summed E-state index contributed by atoms with van der Waals surface area (Å²) < 4.78 is 31.7. The highest BCUT2D eigenvalue weighted by molar-refractivity contribution is 7.79. The lowest BCUT2D eigenvalue weighted by Gasteiger charge is -2.18. The van der Waals surface area contributed by atoms with Crippen molar-refractivity contribution in [3.05, 3.63) is 78.4 Å². The van der Waals surface area contributed by atoms with Crippen molar-refractivity contribution in [1.82, 2.24) is 4.98 Å². The molecular weight excluding hydrogens is 315 g/mol. The quantitative estimate of drug-likeness (QED) is 0.686. The molecule has 0 spiro atoms. The van der Waals surface area contributed by atoms with Crippen LogP contribution < -0.4 is 20.8 Å². The van der Waals surface area contributed by atoms with E-state index in [2.05, 4.69) is 4.98 Å². The first-order valence-corrected chi connectivity index (χ1v) is 8.34. The predicted octanol–water partition coefficient (Wildman–Crippen LogP) is 3.13. The van der Waals surface area contributed by atoms with Gasteiger partial charge in [-0.25, -0.2) is 13.8 Å². The van der Waals surface area contributed by atoms with Crippen LogP contribution in [0.4, 0.5) is 8.78 Å². The number of hydrogen-bond acceptors (Lipinski definition) is 2. The molecule has 0 aliphatic rings. The van der Waals surface area contributed by atoms with Gasteiger partial charge in [0.05, 0.1) is 12.5 Å². The third-order valence-corrected chi connectivity index (χ3v) is 5.65. The average molecular weight is 329 g/mol. The van der Waals surface area contributed by atoms with E-state index in [1.54, 1.807) is 37.4 Å². The van der Waals surface area contributed by atoms with Gasteiger partial charge >= 0.3 is 0 Å². The Kier molecular flexibility index (Phi) is 4.63. The molecule has 0 N–H and O–H groups in total. The first-order chi connectivity index (χ1) is 11.2. The number of hydrogen-bond donors (Lipinski definition) is 0. The standard InChI is InChI=1S/C18H14F2NOP/c1-22-17-3-2-4-18(21-17)23(15-9-5-13(19)6-10-15)16-11-7-14(20)8-12-16/h2-12H,1H3. The molecule has 2 aromatic carbocycles. The van der Waals surface area contributed by atoms with Crippen molar-refractivity contribution in [3.8, 4) is 5.88 Å². The van der Waals surface area contributed by atoms with Crippen LogP contribution in [0.5, 0.6) is 5.88 Å². The van der Waals surface area contributed by atoms with Crippen molar-refractivity contribution >= 4 is 24.0 Å². The van der Waals surface area contributed by atoms with E-state index in [0.29, 0.717) is 5.88 Å². The Morgan fingerprint density at radius 1 is 0.783 bits per heavy atom. The van der Waals surface area contributed by atoms with E-state index in [1.165, 1.54) is 24.3 Å². The number of aromatic nitrogens is 1. The Balaban J connectivity index is 2.12. The van der Waals surface area contributed by atoms with Crippen molar-refractivity contribution in [2.75, 3.05) is 7.11 Å². The number of benzene rings is 2. The highest BCUT2D eigenvalue weighted by Crippen LogP contribution is 2.32. The second-order valence-corrected chi connectivity index (χ2v) is 6.99. The lowest BCUT2D eigenvalue weighted by Crippen LogP contribution is -2.23. The molecule has 0 aliphatic heterocycles. The molecule has 116 valence electrons. The van der Waals surface area contributed by atoms with Gasteiger partial charge in [0.15, 0.2) is 0 Å². The minimum atomic E-state index is -1.02. The molecule has 5 heteroatoms. The van der Waals surface area contributed by atoms with Gasteiger partial charge in [0.1, 0.15) is 11.6 Å². The topological polar surface area (TPSA) is 22.1 Å². The maximum Gasteiger partial charge on any atom is 0.213 e. The Morgan fingerprint density at radius 3 is 1.78 bits per heavy atom. The number of halogens is 2. The van der Waals surface area contributed by atoms with Crippen LogP contribution in [-0.4, -0.2) is 12.1 Å². The number of methoxy groups -OCH3 is 1. The van der Waals surface area contributed by atoms with Gasteiger partial charge < -0.3 is 4.74 Å². The number of nitrogens with zero attached hydrogens (tertiary/aromatic N) is 1. The van der Waals surface area contributed by atoms with Gasteiger partial charge in [-0.3, -0.25) is 0 Å². The summed E-state index contributed by atoms with van der Waals surface area (Å²) in [7, 11) is 0.543. The third kappa shape index (κ3) is 3.54. The zero-order valence-corrected chi connectivity index (χ0v) is 13.3. The molecule has 1 aromatic heterocycles. The molecule has 0 bridgehead atoms. The molecule has 0 unspecified atom stereocenters. The summed E-state index contributed by atoms with van der Waals surface area (Å²) in [5.74, 6) is -0.0676. The van der Waals surface area contributed by atoms with Gasteiger partial charge in [0, 0.05) is 14.0 Å². The first-order valence-electron chi connectivity index (χ1n) is 7.00. The zero-order valence-electron chi connectivity index (χ0n) is 12.4. The number of pyridine rings is 1. The van der Waals surface area contributed by atoms with Crippen molar-refractivity contribution in [2.24, 2.45) is 0 Å².